The molecule has 0 atom stereocenters. The summed E-state index contributed by atoms with van der Waals surface area (Å²) in [5.74, 6) is -0.454. The first-order chi connectivity index (χ1) is 10.8. The summed E-state index contributed by atoms with van der Waals surface area (Å²) < 4.78 is 66.6. The largest absolute Gasteiger partial charge is 0.573 e. The molecule has 0 aromatic heterocycles. The Morgan fingerprint density at radius 3 is 2.17 bits per heavy atom. The maximum Gasteiger partial charge on any atom is 0.573 e. The minimum atomic E-state index is -4.83. The second-order valence-corrected chi connectivity index (χ2v) is 7.30. The van der Waals surface area contributed by atoms with E-state index in [1.165, 1.54) is 6.07 Å². The molecule has 24 heavy (non-hydrogen) atoms. The second kappa shape index (κ2) is 6.35. The Morgan fingerprint density at radius 2 is 1.67 bits per heavy atom. The first-order valence-electron chi connectivity index (χ1n) is 7.08. The fourth-order valence-electron chi connectivity index (χ4n) is 2.04. The third-order valence-corrected chi connectivity index (χ3v) is 4.37. The third-order valence-electron chi connectivity index (χ3n) is 3.91. The average molecular weight is 411 g/mol. The summed E-state index contributed by atoms with van der Waals surface area (Å²) in [4.78, 5) is 0. The van der Waals surface area contributed by atoms with E-state index in [2.05, 4.69) is 20.7 Å². The molecule has 0 N–H and O–H groups in total. The smallest absolute Gasteiger partial charge is 0.406 e. The molecule has 1 saturated heterocycles. The van der Waals surface area contributed by atoms with Gasteiger partial charge in [-0.2, -0.15) is 0 Å². The van der Waals surface area contributed by atoms with Gasteiger partial charge >= 0.3 is 13.5 Å². The highest BCUT2D eigenvalue weighted by atomic mass is 79.9. The van der Waals surface area contributed by atoms with Crippen molar-refractivity contribution in [2.45, 2.75) is 45.3 Å². The summed E-state index contributed by atoms with van der Waals surface area (Å²) in [6.07, 6.45) is -3.78. The molecule has 0 amide bonds. The standard InChI is InChI=1S/C15H16BBrF4O3/c1-13(2)14(3,4)24-16(23-13)12(18)7-9-5-10(17)8-11(6-9)22-15(19,20)21/h5-8H,1-4H3. The van der Waals surface area contributed by atoms with Crippen LogP contribution in [-0.4, -0.2) is 24.7 Å². The fraction of sp³-hybridized carbons (Fsp3) is 0.467. The van der Waals surface area contributed by atoms with Crippen molar-refractivity contribution in [3.8, 4) is 5.75 Å². The Kier molecular flexibility index (Phi) is 5.10. The summed E-state index contributed by atoms with van der Waals surface area (Å²) >= 11 is 3.07. The average Bonchev–Trinajstić information content (AvgIpc) is 2.55. The van der Waals surface area contributed by atoms with Gasteiger partial charge in [0.1, 0.15) is 11.5 Å². The van der Waals surface area contributed by atoms with E-state index in [1.807, 2.05) is 0 Å². The topological polar surface area (TPSA) is 27.7 Å². The van der Waals surface area contributed by atoms with Crippen LogP contribution < -0.4 is 4.74 Å². The lowest BCUT2D eigenvalue weighted by atomic mass is 9.87. The molecule has 1 aliphatic heterocycles. The molecule has 1 fully saturated rings. The minimum Gasteiger partial charge on any atom is -0.406 e. The van der Waals surface area contributed by atoms with Crippen LogP contribution in [0.2, 0.25) is 0 Å². The molecule has 0 saturated carbocycles. The quantitative estimate of drug-likeness (QED) is 0.500. The Hall–Kier alpha value is -1.06. The highest BCUT2D eigenvalue weighted by Gasteiger charge is 2.53. The first-order valence-corrected chi connectivity index (χ1v) is 7.87. The number of halogens is 5. The molecule has 1 aromatic carbocycles. The maximum absolute atomic E-state index is 14.4. The number of ether oxygens (including phenoxy) is 1. The van der Waals surface area contributed by atoms with Crippen LogP contribution >= 0.6 is 15.9 Å². The van der Waals surface area contributed by atoms with Crippen LogP contribution in [0.1, 0.15) is 33.3 Å². The molecule has 1 aliphatic rings. The van der Waals surface area contributed by atoms with E-state index < -0.39 is 36.2 Å². The first kappa shape index (κ1) is 19.3. The third kappa shape index (κ3) is 4.52. The molecule has 0 radical (unpaired) electrons. The maximum atomic E-state index is 14.4. The zero-order valence-electron chi connectivity index (χ0n) is 13.5. The number of benzene rings is 1. The molecule has 0 unspecified atom stereocenters. The van der Waals surface area contributed by atoms with E-state index in [0.717, 1.165) is 18.2 Å². The Balaban J connectivity index is 2.25. The van der Waals surface area contributed by atoms with E-state index in [1.54, 1.807) is 27.7 Å². The summed E-state index contributed by atoms with van der Waals surface area (Å²) in [5, 5.41) is 0. The van der Waals surface area contributed by atoms with Crippen molar-refractivity contribution in [3.05, 3.63) is 34.0 Å². The molecule has 0 spiro atoms. The van der Waals surface area contributed by atoms with Gasteiger partial charge in [0.05, 0.1) is 11.2 Å². The molecule has 1 heterocycles. The summed E-state index contributed by atoms with van der Waals surface area (Å²) in [6.45, 7) is 7.09. The molecular weight excluding hydrogens is 395 g/mol. The number of rotatable bonds is 3. The molecule has 0 aliphatic carbocycles. The van der Waals surface area contributed by atoms with Gasteiger partial charge in [0.25, 0.3) is 0 Å². The molecule has 3 nitrogen and oxygen atoms in total. The zero-order valence-corrected chi connectivity index (χ0v) is 15.1. The van der Waals surface area contributed by atoms with Crippen molar-refractivity contribution in [2.24, 2.45) is 0 Å². The van der Waals surface area contributed by atoms with Gasteiger partial charge in [0.2, 0.25) is 0 Å². The molecule has 2 rings (SSSR count). The Labute approximate surface area is 146 Å². The number of hydrogen-bond acceptors (Lipinski definition) is 3. The van der Waals surface area contributed by atoms with E-state index in [4.69, 9.17) is 9.31 Å². The SMILES string of the molecule is CC1(C)OB(C(F)=Cc2cc(Br)cc(OC(F)(F)F)c2)OC1(C)C. The lowest BCUT2D eigenvalue weighted by molar-refractivity contribution is -0.274. The molecule has 0 bridgehead atoms. The fourth-order valence-corrected chi connectivity index (χ4v) is 2.53. The van der Waals surface area contributed by atoms with Crippen molar-refractivity contribution in [1.82, 2.24) is 0 Å². The van der Waals surface area contributed by atoms with E-state index in [-0.39, 0.29) is 5.56 Å². The van der Waals surface area contributed by atoms with Gasteiger partial charge < -0.3 is 14.0 Å². The van der Waals surface area contributed by atoms with Crippen LogP contribution in [0.5, 0.6) is 5.75 Å². The van der Waals surface area contributed by atoms with Crippen LogP contribution in [0.25, 0.3) is 6.08 Å². The van der Waals surface area contributed by atoms with Gasteiger partial charge in [-0.3, -0.25) is 0 Å². The van der Waals surface area contributed by atoms with Crippen molar-refractivity contribution in [1.29, 1.82) is 0 Å². The number of hydrogen-bond donors (Lipinski definition) is 0. The van der Waals surface area contributed by atoms with E-state index in [0.29, 0.717) is 4.47 Å². The van der Waals surface area contributed by atoms with Gasteiger partial charge in [-0.15, -0.1) is 13.2 Å². The van der Waals surface area contributed by atoms with Crippen LogP contribution in [0.4, 0.5) is 17.6 Å². The van der Waals surface area contributed by atoms with Crippen molar-refractivity contribution >= 4 is 29.1 Å². The molecule has 9 heteroatoms. The van der Waals surface area contributed by atoms with Crippen molar-refractivity contribution < 1.29 is 31.6 Å². The Bertz CT molecular complexity index is 643. The van der Waals surface area contributed by atoms with Gasteiger partial charge in [0, 0.05) is 4.47 Å². The van der Waals surface area contributed by atoms with Crippen molar-refractivity contribution in [3.63, 3.8) is 0 Å². The number of alkyl halides is 3. The van der Waals surface area contributed by atoms with Gasteiger partial charge in [-0.25, -0.2) is 4.39 Å². The van der Waals surface area contributed by atoms with Crippen LogP contribution in [0, 0.1) is 0 Å². The highest BCUT2D eigenvalue weighted by molar-refractivity contribution is 9.10. The summed E-state index contributed by atoms with van der Waals surface area (Å²) in [5.41, 5.74) is -2.00. The predicted molar refractivity (Wildman–Crippen MR) is 86.0 cm³/mol. The molecule has 132 valence electrons. The molecular formula is C15H16BBrF4O3. The van der Waals surface area contributed by atoms with Gasteiger partial charge in [0.15, 0.2) is 0 Å². The molecule has 1 aromatic rings. The van der Waals surface area contributed by atoms with Crippen LogP contribution in [0.3, 0.4) is 0 Å². The minimum absolute atomic E-state index is 0.177. The van der Waals surface area contributed by atoms with E-state index >= 15 is 0 Å². The predicted octanol–water partition coefficient (Wildman–Crippen LogP) is 5.29. The van der Waals surface area contributed by atoms with Gasteiger partial charge in [-0.05, 0) is 57.5 Å². The summed E-state index contributed by atoms with van der Waals surface area (Å²) in [6, 6.07) is 3.66. The van der Waals surface area contributed by atoms with Crippen LogP contribution in [0.15, 0.2) is 28.4 Å². The summed E-state index contributed by atoms with van der Waals surface area (Å²) in [7, 11) is -1.22. The van der Waals surface area contributed by atoms with Gasteiger partial charge in [-0.1, -0.05) is 15.9 Å². The lowest BCUT2D eigenvalue weighted by Gasteiger charge is -2.32. The van der Waals surface area contributed by atoms with E-state index in [9.17, 15) is 17.6 Å². The zero-order chi connectivity index (χ0) is 18.3. The lowest BCUT2D eigenvalue weighted by Crippen LogP contribution is -2.41. The monoisotopic (exact) mass is 410 g/mol. The van der Waals surface area contributed by atoms with Crippen LogP contribution in [-0.2, 0) is 9.31 Å². The Morgan fingerprint density at radius 1 is 1.12 bits per heavy atom. The van der Waals surface area contributed by atoms with Crippen molar-refractivity contribution in [2.75, 3.05) is 0 Å². The highest BCUT2D eigenvalue weighted by Crippen LogP contribution is 2.39. The second-order valence-electron chi connectivity index (χ2n) is 6.39. The normalized spacial score (nSPS) is 20.4.